The molecular weight excluding hydrogens is 144 g/mol. The Hall–Kier alpha value is -0.160. The molecule has 0 bridgehead atoms. The van der Waals surface area contributed by atoms with E-state index in [4.69, 9.17) is 21.3 Å². The molecule has 4 nitrogen and oxygen atoms in total. The van der Waals surface area contributed by atoms with Crippen LogP contribution in [0.25, 0.3) is 0 Å². The molecule has 0 spiro atoms. The van der Waals surface area contributed by atoms with E-state index in [1.165, 1.54) is 0 Å². The average Bonchev–Trinajstić information content (AvgIpc) is 1.98. The summed E-state index contributed by atoms with van der Waals surface area (Å²) in [6.45, 7) is 2.43. The second kappa shape index (κ2) is 5.49. The van der Waals surface area contributed by atoms with Crippen molar-refractivity contribution in [1.29, 1.82) is 0 Å². The minimum Gasteiger partial charge on any atom is -0.385 e. The third-order valence-corrected chi connectivity index (χ3v) is 1.87. The molecule has 0 aliphatic heterocycles. The average molecular weight is 162 g/mol. The Bertz CT molecular complexity index is 98.4. The fourth-order valence-electron chi connectivity index (χ4n) is 0.770. The molecule has 3 unspecified atom stereocenters. The lowest BCUT2D eigenvalue weighted by molar-refractivity contribution is 0.0961. The van der Waals surface area contributed by atoms with Crippen molar-refractivity contribution in [1.82, 2.24) is 0 Å². The largest absolute Gasteiger partial charge is 0.385 e. The van der Waals surface area contributed by atoms with E-state index in [2.05, 4.69) is 0 Å². The van der Waals surface area contributed by atoms with Crippen molar-refractivity contribution in [3.05, 3.63) is 0 Å². The SMILES string of the molecule is COCCC(N)C(C)C(N)O. The monoisotopic (exact) mass is 162 g/mol. The molecule has 68 valence electrons. The van der Waals surface area contributed by atoms with Crippen molar-refractivity contribution in [2.24, 2.45) is 17.4 Å². The van der Waals surface area contributed by atoms with Crippen LogP contribution in [0.2, 0.25) is 0 Å². The minimum absolute atomic E-state index is 0.0786. The van der Waals surface area contributed by atoms with E-state index >= 15 is 0 Å². The Balaban J connectivity index is 3.55. The number of hydrogen-bond acceptors (Lipinski definition) is 4. The van der Waals surface area contributed by atoms with Gasteiger partial charge in [0, 0.05) is 25.7 Å². The predicted molar refractivity (Wildman–Crippen MR) is 43.8 cm³/mol. The van der Waals surface area contributed by atoms with Crippen LogP contribution < -0.4 is 11.5 Å². The van der Waals surface area contributed by atoms with Crippen molar-refractivity contribution in [3.8, 4) is 0 Å². The summed E-state index contributed by atoms with van der Waals surface area (Å²) in [5, 5.41) is 8.95. The van der Waals surface area contributed by atoms with Gasteiger partial charge < -0.3 is 21.3 Å². The van der Waals surface area contributed by atoms with E-state index in [0.717, 1.165) is 6.42 Å². The second-order valence-corrected chi connectivity index (χ2v) is 2.80. The fourth-order valence-corrected chi connectivity index (χ4v) is 0.770. The molecule has 3 atom stereocenters. The standard InChI is InChI=1S/C7H18N2O2/c1-5(7(9)10)6(8)3-4-11-2/h5-7,10H,3-4,8-9H2,1-2H3. The van der Waals surface area contributed by atoms with Crippen LogP contribution in [-0.4, -0.2) is 31.1 Å². The van der Waals surface area contributed by atoms with Gasteiger partial charge in [0.05, 0.1) is 0 Å². The Kier molecular flexibility index (Phi) is 5.41. The number of rotatable bonds is 5. The quantitative estimate of drug-likeness (QED) is 0.465. The molecule has 0 aromatic carbocycles. The smallest absolute Gasteiger partial charge is 0.106 e. The maximum absolute atomic E-state index is 8.95. The van der Waals surface area contributed by atoms with Crippen molar-refractivity contribution in [2.45, 2.75) is 25.6 Å². The van der Waals surface area contributed by atoms with Crippen LogP contribution in [0.5, 0.6) is 0 Å². The summed E-state index contributed by atoms with van der Waals surface area (Å²) in [6, 6.07) is -0.0880. The number of hydrogen-bond donors (Lipinski definition) is 3. The molecule has 0 aliphatic carbocycles. The van der Waals surface area contributed by atoms with Crippen molar-refractivity contribution in [3.63, 3.8) is 0 Å². The molecule has 0 aromatic heterocycles. The van der Waals surface area contributed by atoms with Gasteiger partial charge in [-0.15, -0.1) is 0 Å². The highest BCUT2D eigenvalue weighted by molar-refractivity contribution is 4.71. The van der Waals surface area contributed by atoms with E-state index in [1.807, 2.05) is 6.92 Å². The van der Waals surface area contributed by atoms with Gasteiger partial charge >= 0.3 is 0 Å². The van der Waals surface area contributed by atoms with Crippen LogP contribution in [-0.2, 0) is 4.74 Å². The van der Waals surface area contributed by atoms with Gasteiger partial charge in [0.2, 0.25) is 0 Å². The molecule has 0 aromatic rings. The maximum atomic E-state index is 8.95. The second-order valence-electron chi connectivity index (χ2n) is 2.80. The first-order valence-corrected chi connectivity index (χ1v) is 3.77. The molecule has 4 heteroatoms. The number of nitrogens with two attached hydrogens (primary N) is 2. The van der Waals surface area contributed by atoms with E-state index < -0.39 is 6.23 Å². The highest BCUT2D eigenvalue weighted by Crippen LogP contribution is 2.06. The predicted octanol–water partition coefficient (Wildman–Crippen LogP) is -0.737. The minimum atomic E-state index is -0.832. The van der Waals surface area contributed by atoms with Crippen LogP contribution in [0, 0.1) is 5.92 Å². The molecular formula is C7H18N2O2. The summed E-state index contributed by atoms with van der Waals surface area (Å²) in [7, 11) is 1.62. The Morgan fingerprint density at radius 1 is 1.45 bits per heavy atom. The summed E-state index contributed by atoms with van der Waals surface area (Å²) in [5.41, 5.74) is 10.9. The van der Waals surface area contributed by atoms with Gasteiger partial charge in [0.25, 0.3) is 0 Å². The molecule has 0 radical (unpaired) electrons. The first-order chi connectivity index (χ1) is 5.09. The van der Waals surface area contributed by atoms with Crippen molar-refractivity contribution < 1.29 is 9.84 Å². The first kappa shape index (κ1) is 10.8. The molecule has 0 saturated heterocycles. The van der Waals surface area contributed by atoms with E-state index in [1.54, 1.807) is 7.11 Å². The Morgan fingerprint density at radius 3 is 2.36 bits per heavy atom. The first-order valence-electron chi connectivity index (χ1n) is 3.77. The summed E-state index contributed by atoms with van der Waals surface area (Å²) < 4.78 is 4.84. The topological polar surface area (TPSA) is 81.5 Å². The van der Waals surface area contributed by atoms with Crippen molar-refractivity contribution in [2.75, 3.05) is 13.7 Å². The van der Waals surface area contributed by atoms with Crippen LogP contribution in [0.3, 0.4) is 0 Å². The highest BCUT2D eigenvalue weighted by atomic mass is 16.5. The molecule has 0 amide bonds. The maximum Gasteiger partial charge on any atom is 0.106 e. The molecule has 0 saturated carbocycles. The molecule has 0 heterocycles. The number of methoxy groups -OCH3 is 1. The van der Waals surface area contributed by atoms with E-state index in [0.29, 0.717) is 6.61 Å². The molecule has 11 heavy (non-hydrogen) atoms. The van der Waals surface area contributed by atoms with Crippen LogP contribution in [0.4, 0.5) is 0 Å². The van der Waals surface area contributed by atoms with Crippen LogP contribution in [0.15, 0.2) is 0 Å². The summed E-state index contributed by atoms with van der Waals surface area (Å²) in [5.74, 6) is -0.0786. The van der Waals surface area contributed by atoms with Gasteiger partial charge in [-0.25, -0.2) is 0 Å². The van der Waals surface area contributed by atoms with Gasteiger partial charge in [0.15, 0.2) is 0 Å². The fraction of sp³-hybridized carbons (Fsp3) is 1.00. The Morgan fingerprint density at radius 2 is 2.00 bits per heavy atom. The zero-order valence-corrected chi connectivity index (χ0v) is 7.16. The summed E-state index contributed by atoms with van der Waals surface area (Å²) >= 11 is 0. The lowest BCUT2D eigenvalue weighted by atomic mass is 9.99. The van der Waals surface area contributed by atoms with Gasteiger partial charge in [0.1, 0.15) is 6.23 Å². The lowest BCUT2D eigenvalue weighted by Crippen LogP contribution is -2.41. The Labute approximate surface area is 67.5 Å². The number of aliphatic hydroxyl groups is 1. The van der Waals surface area contributed by atoms with Gasteiger partial charge in [-0.1, -0.05) is 6.92 Å². The summed E-state index contributed by atoms with van der Waals surface area (Å²) in [6.07, 6.45) is -0.104. The van der Waals surface area contributed by atoms with Gasteiger partial charge in [-0.05, 0) is 6.42 Å². The number of aliphatic hydroxyl groups excluding tert-OH is 1. The molecule has 5 N–H and O–H groups in total. The molecule has 0 fully saturated rings. The summed E-state index contributed by atoms with van der Waals surface area (Å²) in [4.78, 5) is 0. The molecule has 0 aliphatic rings. The third-order valence-electron chi connectivity index (χ3n) is 1.87. The highest BCUT2D eigenvalue weighted by Gasteiger charge is 2.17. The van der Waals surface area contributed by atoms with E-state index in [-0.39, 0.29) is 12.0 Å². The van der Waals surface area contributed by atoms with Crippen LogP contribution in [0.1, 0.15) is 13.3 Å². The third kappa shape index (κ3) is 4.31. The van der Waals surface area contributed by atoms with E-state index in [9.17, 15) is 0 Å². The van der Waals surface area contributed by atoms with Gasteiger partial charge in [-0.2, -0.15) is 0 Å². The van der Waals surface area contributed by atoms with Gasteiger partial charge in [-0.3, -0.25) is 0 Å². The lowest BCUT2D eigenvalue weighted by Gasteiger charge is -2.21. The number of ether oxygens (including phenoxy) is 1. The molecule has 0 rings (SSSR count). The van der Waals surface area contributed by atoms with Crippen LogP contribution >= 0.6 is 0 Å². The normalized spacial score (nSPS) is 19.4. The van der Waals surface area contributed by atoms with Crippen molar-refractivity contribution >= 4 is 0 Å². The zero-order valence-electron chi connectivity index (χ0n) is 7.16. The zero-order chi connectivity index (χ0) is 8.85.